The van der Waals surface area contributed by atoms with Gasteiger partial charge in [0.1, 0.15) is 0 Å². The lowest BCUT2D eigenvalue weighted by Gasteiger charge is -2.43. The lowest BCUT2D eigenvalue weighted by molar-refractivity contribution is 0.144. The quantitative estimate of drug-likeness (QED) is 0.0651. The minimum absolute atomic E-state index is 0.232. The van der Waals surface area contributed by atoms with E-state index in [0.717, 1.165) is 64.6 Å². The molecule has 0 N–H and O–H groups in total. The van der Waals surface area contributed by atoms with Crippen LogP contribution in [0.15, 0.2) is 9.98 Å². The Morgan fingerprint density at radius 2 is 0.804 bits per heavy atom. The van der Waals surface area contributed by atoms with E-state index < -0.39 is 16.6 Å². The zero-order valence-corrected chi connectivity index (χ0v) is 36.0. The Morgan fingerprint density at radius 3 is 1.02 bits per heavy atom. The molecule has 0 aliphatic heterocycles. The molecule has 4 atom stereocenters. The third kappa shape index (κ3) is 14.3. The van der Waals surface area contributed by atoms with Crippen molar-refractivity contribution < 1.29 is 8.85 Å². The van der Waals surface area contributed by atoms with Crippen LogP contribution in [-0.4, -0.2) is 64.1 Å². The highest BCUT2D eigenvalue weighted by molar-refractivity contribution is 6.70. The number of halogens is 2. The van der Waals surface area contributed by atoms with E-state index in [-0.39, 0.29) is 22.8 Å². The molecular formula is C38H74Cl2N2O2Si2. The van der Waals surface area contributed by atoms with Gasteiger partial charge in [-0.2, -0.15) is 0 Å². The summed E-state index contributed by atoms with van der Waals surface area (Å²) in [6, 6.07) is 0.540. The lowest BCUT2D eigenvalue weighted by atomic mass is 9.68. The molecule has 0 amide bonds. The molecule has 2 saturated carbocycles. The van der Waals surface area contributed by atoms with E-state index in [4.69, 9.17) is 42.0 Å². The first-order chi connectivity index (χ1) is 21.2. The predicted molar refractivity (Wildman–Crippen MR) is 211 cm³/mol. The fourth-order valence-corrected chi connectivity index (χ4v) is 10.1. The van der Waals surface area contributed by atoms with Gasteiger partial charge in [-0.05, 0) is 138 Å². The normalized spacial score (nSPS) is 30.7. The molecule has 46 heavy (non-hydrogen) atoms. The van der Waals surface area contributed by atoms with E-state index in [1.54, 1.807) is 0 Å². The second-order valence-corrected chi connectivity index (χ2v) is 28.3. The van der Waals surface area contributed by atoms with Gasteiger partial charge < -0.3 is 8.85 Å². The maximum atomic E-state index is 6.95. The molecule has 2 aliphatic rings. The highest BCUT2D eigenvalue weighted by Crippen LogP contribution is 2.44. The number of hydrogen-bond acceptors (Lipinski definition) is 4. The van der Waals surface area contributed by atoms with Crippen LogP contribution in [0.2, 0.25) is 39.3 Å². The number of hydrogen-bond donors (Lipinski definition) is 0. The molecule has 0 aromatic heterocycles. The standard InChI is InChI=1S/C38H74Cl2N2O2Si2/c1-25(2)31-21-29(39)22-32(26(3)4)37(31)41-35(17-15-19-43-45(9,10)11)36(18-16-20-44-46(12,13)14)42-38-33(27(5)6)23-30(40)24-34(38)28(7)8/h25-34,37-38H,15-24H2,1-14H3. The van der Waals surface area contributed by atoms with E-state index in [1.165, 1.54) is 11.4 Å². The minimum atomic E-state index is -1.60. The summed E-state index contributed by atoms with van der Waals surface area (Å²) in [5.74, 6) is 4.06. The Hall–Kier alpha value is 0.274. The molecule has 0 heterocycles. The summed E-state index contributed by atoms with van der Waals surface area (Å²) < 4.78 is 12.7. The summed E-state index contributed by atoms with van der Waals surface area (Å²) in [5.41, 5.74) is 2.47. The van der Waals surface area contributed by atoms with Gasteiger partial charge in [0, 0.05) is 24.0 Å². The first kappa shape index (κ1) is 42.4. The van der Waals surface area contributed by atoms with Crippen molar-refractivity contribution in [1.82, 2.24) is 0 Å². The van der Waals surface area contributed by atoms with E-state index in [0.29, 0.717) is 47.3 Å². The number of nitrogens with zero attached hydrogens (tertiary/aromatic N) is 2. The Bertz CT molecular complexity index is 845. The fraction of sp³-hybridized carbons (Fsp3) is 0.947. The summed E-state index contributed by atoms with van der Waals surface area (Å²) in [6.07, 6.45) is 7.97. The van der Waals surface area contributed by atoms with Crippen LogP contribution < -0.4 is 0 Å². The number of aliphatic imine (C=N–C) groups is 2. The topological polar surface area (TPSA) is 43.2 Å². The van der Waals surface area contributed by atoms with Crippen LogP contribution in [0.4, 0.5) is 0 Å². The summed E-state index contributed by atoms with van der Waals surface area (Å²) in [4.78, 5) is 11.8. The second kappa shape index (κ2) is 19.0. The molecule has 0 spiro atoms. The number of rotatable bonds is 17. The first-order valence-electron chi connectivity index (χ1n) is 18.9. The average Bonchev–Trinajstić information content (AvgIpc) is 2.91. The van der Waals surface area contributed by atoms with Crippen molar-refractivity contribution in [2.45, 2.75) is 169 Å². The Labute approximate surface area is 298 Å². The molecule has 2 rings (SSSR count). The highest BCUT2D eigenvalue weighted by atomic mass is 35.5. The van der Waals surface area contributed by atoms with Gasteiger partial charge in [0.15, 0.2) is 16.6 Å². The molecule has 270 valence electrons. The second-order valence-electron chi connectivity index (χ2n) is 18.0. The van der Waals surface area contributed by atoms with Crippen LogP contribution in [0.5, 0.6) is 0 Å². The van der Waals surface area contributed by atoms with Gasteiger partial charge in [0.25, 0.3) is 0 Å². The maximum Gasteiger partial charge on any atom is 0.183 e. The zero-order valence-electron chi connectivity index (χ0n) is 32.5. The summed E-state index contributed by atoms with van der Waals surface area (Å²) >= 11 is 13.9. The molecule has 2 fully saturated rings. The van der Waals surface area contributed by atoms with Gasteiger partial charge in [0.05, 0.1) is 23.5 Å². The molecule has 2 aliphatic carbocycles. The third-order valence-electron chi connectivity index (χ3n) is 10.4. The highest BCUT2D eigenvalue weighted by Gasteiger charge is 2.42. The molecule has 4 unspecified atom stereocenters. The van der Waals surface area contributed by atoms with Gasteiger partial charge in [-0.3, -0.25) is 9.98 Å². The van der Waals surface area contributed by atoms with E-state index in [1.807, 2.05) is 0 Å². The molecule has 0 radical (unpaired) electrons. The van der Waals surface area contributed by atoms with Crippen LogP contribution in [0, 0.1) is 47.3 Å². The van der Waals surface area contributed by atoms with Crippen molar-refractivity contribution in [3.63, 3.8) is 0 Å². The summed E-state index contributed by atoms with van der Waals surface area (Å²) in [6.45, 7) is 34.2. The van der Waals surface area contributed by atoms with Gasteiger partial charge in [-0.15, -0.1) is 23.2 Å². The summed E-state index contributed by atoms with van der Waals surface area (Å²) in [5, 5.41) is 0.465. The molecule has 0 bridgehead atoms. The van der Waals surface area contributed by atoms with Crippen molar-refractivity contribution >= 4 is 51.3 Å². The molecule has 0 aromatic carbocycles. The number of alkyl halides is 2. The van der Waals surface area contributed by atoms with E-state index in [2.05, 4.69) is 94.7 Å². The zero-order chi connectivity index (χ0) is 35.0. The van der Waals surface area contributed by atoms with Crippen LogP contribution in [0.3, 0.4) is 0 Å². The van der Waals surface area contributed by atoms with Crippen molar-refractivity contribution in [3.8, 4) is 0 Å². The molecular weight excluding hydrogens is 644 g/mol. The Kier molecular flexibility index (Phi) is 17.6. The SMILES string of the molecule is CC(C)C1CC(Cl)CC(C(C)C)C1N=C(CCCO[Si](C)(C)C)C(CCCO[Si](C)(C)C)=NC1C(C(C)C)CC(Cl)CC1C(C)C. The Morgan fingerprint density at radius 1 is 0.543 bits per heavy atom. The van der Waals surface area contributed by atoms with Crippen molar-refractivity contribution in [3.05, 3.63) is 0 Å². The van der Waals surface area contributed by atoms with Crippen molar-refractivity contribution in [1.29, 1.82) is 0 Å². The molecule has 4 nitrogen and oxygen atoms in total. The summed E-state index contributed by atoms with van der Waals surface area (Å²) in [7, 11) is -3.19. The Balaban J connectivity index is 2.70. The molecule has 0 saturated heterocycles. The van der Waals surface area contributed by atoms with Gasteiger partial charge in [0.2, 0.25) is 0 Å². The lowest BCUT2D eigenvalue weighted by Crippen LogP contribution is -2.43. The van der Waals surface area contributed by atoms with Crippen LogP contribution >= 0.6 is 23.2 Å². The fourth-order valence-electron chi connectivity index (χ4n) is 7.78. The smallest absolute Gasteiger partial charge is 0.183 e. The third-order valence-corrected chi connectivity index (χ3v) is 13.3. The van der Waals surface area contributed by atoms with Gasteiger partial charge in [-0.1, -0.05) is 55.4 Å². The largest absolute Gasteiger partial charge is 0.418 e. The first-order valence-corrected chi connectivity index (χ1v) is 26.6. The van der Waals surface area contributed by atoms with Crippen LogP contribution in [0.1, 0.15) is 107 Å². The van der Waals surface area contributed by atoms with Crippen LogP contribution in [-0.2, 0) is 8.85 Å². The predicted octanol–water partition coefficient (Wildman–Crippen LogP) is 11.8. The van der Waals surface area contributed by atoms with Gasteiger partial charge in [-0.25, -0.2) is 0 Å². The maximum absolute atomic E-state index is 6.95. The minimum Gasteiger partial charge on any atom is -0.418 e. The van der Waals surface area contributed by atoms with Crippen molar-refractivity contribution in [2.75, 3.05) is 13.2 Å². The van der Waals surface area contributed by atoms with Crippen molar-refractivity contribution in [2.24, 2.45) is 57.3 Å². The molecule has 0 aromatic rings. The molecule has 8 heteroatoms. The monoisotopic (exact) mass is 716 g/mol. The van der Waals surface area contributed by atoms with Gasteiger partial charge >= 0.3 is 0 Å². The van der Waals surface area contributed by atoms with Crippen LogP contribution in [0.25, 0.3) is 0 Å². The van der Waals surface area contributed by atoms with E-state index >= 15 is 0 Å². The van der Waals surface area contributed by atoms with E-state index in [9.17, 15) is 0 Å². The average molecular weight is 718 g/mol.